The first-order chi connectivity index (χ1) is 30.1. The molecule has 4 fully saturated rings. The van der Waals surface area contributed by atoms with Crippen molar-refractivity contribution < 1.29 is 41.4 Å². The van der Waals surface area contributed by atoms with Gasteiger partial charge in [0.25, 0.3) is 0 Å². The molecule has 4 heterocycles. The highest BCUT2D eigenvalue weighted by Gasteiger charge is 2.38. The monoisotopic (exact) mass is 890 g/mol. The number of ether oxygens (including phenoxy) is 1. The van der Waals surface area contributed by atoms with Crippen molar-refractivity contribution in [3.63, 3.8) is 0 Å². The van der Waals surface area contributed by atoms with Crippen molar-refractivity contribution >= 4 is 63.7 Å². The van der Waals surface area contributed by atoms with Gasteiger partial charge in [0.05, 0.1) is 35.6 Å². The van der Waals surface area contributed by atoms with Crippen LogP contribution in [0.25, 0.3) is 0 Å². The number of carbonyl (C=O) groups is 4. The molecule has 15 nitrogen and oxygen atoms in total. The highest BCUT2D eigenvalue weighted by Crippen LogP contribution is 2.46. The van der Waals surface area contributed by atoms with Gasteiger partial charge in [-0.3, -0.25) is 39.2 Å². The SMILES string of the molecule is C[C@@H]1CN(CCOc2ccc(N3CCCCC(=O)N(c4cnc(C#N)c(C(F)(F)F)c4)C3=S)cc2C2CC2)C[C@H](C)N1CC(=O)Nc1cc(C#N)cc(NC2CCC(=O)NC2=O)c1.[HH].[HH].[HH]. The van der Waals surface area contributed by atoms with Crippen LogP contribution in [0.3, 0.4) is 0 Å². The fourth-order valence-electron chi connectivity index (χ4n) is 8.40. The van der Waals surface area contributed by atoms with E-state index in [1.54, 1.807) is 23.1 Å². The van der Waals surface area contributed by atoms with Crippen LogP contribution in [0, 0.1) is 22.7 Å². The number of alkyl halides is 3. The Morgan fingerprint density at radius 1 is 0.984 bits per heavy atom. The number of carbonyl (C=O) groups excluding carboxylic acids is 4. The largest absolute Gasteiger partial charge is 0.492 e. The Labute approximate surface area is 372 Å². The highest BCUT2D eigenvalue weighted by atomic mass is 32.1. The van der Waals surface area contributed by atoms with E-state index >= 15 is 0 Å². The number of hydrogen-bond donors (Lipinski definition) is 3. The summed E-state index contributed by atoms with van der Waals surface area (Å²) in [6.07, 6.45) is -0.0966. The molecule has 3 atom stereocenters. The van der Waals surface area contributed by atoms with Crippen LogP contribution < -0.4 is 30.5 Å². The standard InChI is InChI=1S/C44H47F3N10O5S.3H2/c1-26-23-54(24-27(2)56(26)25-40(59)52-31-16-28(20-48)15-30(17-31)51-36-9-11-39(58)53-42(36)61)13-14-62-38-10-8-32(18-34(38)29-6-7-29)55-12-4-3-5-41(60)57(43(55)63)33-19-35(44(45,46)47)37(21-49)50-22-33;;;/h8,10,15-19,22,26-27,29,36,51H,3-7,9,11-14,23-25H2,1-2H3,(H,52,59)(H,53,58,61);3*1H/t26-,27+,36?;;;. The maximum atomic E-state index is 13.9. The third kappa shape index (κ3) is 10.7. The van der Waals surface area contributed by atoms with Crippen LogP contribution in [0.15, 0.2) is 48.7 Å². The number of anilines is 4. The Bertz CT molecular complexity index is 2390. The van der Waals surface area contributed by atoms with Crippen LogP contribution in [0.5, 0.6) is 5.75 Å². The molecule has 336 valence electrons. The zero-order valence-electron chi connectivity index (χ0n) is 34.8. The zero-order valence-corrected chi connectivity index (χ0v) is 35.7. The van der Waals surface area contributed by atoms with E-state index in [2.05, 4.69) is 50.7 Å². The Kier molecular flexibility index (Phi) is 13.6. The summed E-state index contributed by atoms with van der Waals surface area (Å²) in [4.78, 5) is 61.6. The van der Waals surface area contributed by atoms with Gasteiger partial charge in [-0.05, 0) is 112 Å². The number of pyridine rings is 1. The average Bonchev–Trinajstić information content (AvgIpc) is 4.08. The topological polar surface area (TPSA) is 187 Å². The number of benzene rings is 2. The van der Waals surface area contributed by atoms with Crippen LogP contribution in [-0.4, -0.2) is 101 Å². The minimum absolute atomic E-state index is 0. The van der Waals surface area contributed by atoms with Crippen LogP contribution in [0.4, 0.5) is 35.9 Å². The third-order valence-corrected chi connectivity index (χ3v) is 12.1. The molecule has 0 bridgehead atoms. The van der Waals surface area contributed by atoms with Gasteiger partial charge in [0.2, 0.25) is 23.6 Å². The second-order valence-corrected chi connectivity index (χ2v) is 16.8. The second-order valence-electron chi connectivity index (χ2n) is 16.4. The Morgan fingerprint density at radius 2 is 1.73 bits per heavy atom. The molecule has 3 saturated heterocycles. The van der Waals surface area contributed by atoms with Crippen molar-refractivity contribution in [3.8, 4) is 17.9 Å². The number of imide groups is 1. The number of thiocarbonyl (C=S) groups is 1. The molecule has 0 radical (unpaired) electrons. The number of amides is 4. The molecule has 19 heteroatoms. The Hall–Kier alpha value is -6.15. The summed E-state index contributed by atoms with van der Waals surface area (Å²) in [6.45, 7) is 7.12. The maximum absolute atomic E-state index is 13.9. The number of nitriles is 2. The summed E-state index contributed by atoms with van der Waals surface area (Å²) in [7, 11) is 0. The number of nitrogens with zero attached hydrogens (tertiary/aromatic N) is 7. The molecule has 7 rings (SSSR count). The quantitative estimate of drug-likeness (QED) is 0.134. The summed E-state index contributed by atoms with van der Waals surface area (Å²) in [6, 6.07) is 14.3. The number of piperidine rings is 1. The normalized spacial score (nSPS) is 21.5. The van der Waals surface area contributed by atoms with Crippen molar-refractivity contribution in [2.24, 2.45) is 0 Å². The summed E-state index contributed by atoms with van der Waals surface area (Å²) >= 11 is 5.82. The van der Waals surface area contributed by atoms with E-state index in [0.29, 0.717) is 74.7 Å². The lowest BCUT2D eigenvalue weighted by Gasteiger charge is -2.44. The van der Waals surface area contributed by atoms with E-state index in [-0.39, 0.29) is 64.3 Å². The van der Waals surface area contributed by atoms with Gasteiger partial charge in [-0.2, -0.15) is 23.7 Å². The summed E-state index contributed by atoms with van der Waals surface area (Å²) in [5, 5.41) is 27.2. The van der Waals surface area contributed by atoms with E-state index < -0.39 is 35.3 Å². The molecule has 1 aliphatic carbocycles. The highest BCUT2D eigenvalue weighted by molar-refractivity contribution is 7.81. The van der Waals surface area contributed by atoms with E-state index in [0.717, 1.165) is 41.3 Å². The minimum Gasteiger partial charge on any atom is -0.492 e. The van der Waals surface area contributed by atoms with Crippen LogP contribution in [0.1, 0.15) is 91.4 Å². The van der Waals surface area contributed by atoms with Gasteiger partial charge in [-0.15, -0.1) is 0 Å². The number of rotatable bonds is 12. The Morgan fingerprint density at radius 3 is 2.41 bits per heavy atom. The summed E-state index contributed by atoms with van der Waals surface area (Å²) < 4.78 is 48.0. The molecule has 4 aliphatic rings. The number of nitrogens with one attached hydrogen (secondary N) is 3. The van der Waals surface area contributed by atoms with E-state index in [9.17, 15) is 42.9 Å². The first-order valence-corrected chi connectivity index (χ1v) is 21.3. The molecule has 1 aromatic heterocycles. The van der Waals surface area contributed by atoms with Gasteiger partial charge in [-0.25, -0.2) is 4.98 Å². The molecule has 1 unspecified atom stereocenters. The van der Waals surface area contributed by atoms with E-state index in [1.165, 1.54) is 6.07 Å². The van der Waals surface area contributed by atoms with Gasteiger partial charge in [0.15, 0.2) is 10.8 Å². The second kappa shape index (κ2) is 19.1. The van der Waals surface area contributed by atoms with Crippen LogP contribution in [-0.2, 0) is 25.4 Å². The molecular weight excluding hydrogens is 838 g/mol. The number of aromatic nitrogens is 1. The van der Waals surface area contributed by atoms with Gasteiger partial charge in [0, 0.05) is 72.4 Å². The molecular formula is C44H53F3N10O5S. The van der Waals surface area contributed by atoms with Crippen molar-refractivity contribution in [1.82, 2.24) is 20.1 Å². The molecule has 2 aromatic carbocycles. The first-order valence-electron chi connectivity index (χ1n) is 20.9. The number of piperazine rings is 1. The predicted octanol–water partition coefficient (Wildman–Crippen LogP) is 6.40. The fourth-order valence-corrected chi connectivity index (χ4v) is 8.80. The zero-order chi connectivity index (χ0) is 45.0. The lowest BCUT2D eigenvalue weighted by molar-refractivity contribution is -0.138. The molecule has 3 N–H and O–H groups in total. The first kappa shape index (κ1) is 44.9. The van der Waals surface area contributed by atoms with Crippen molar-refractivity contribution in [1.29, 1.82) is 10.5 Å². The molecule has 3 aromatic rings. The maximum Gasteiger partial charge on any atom is 0.419 e. The van der Waals surface area contributed by atoms with Crippen molar-refractivity contribution in [2.45, 2.75) is 89.0 Å². The van der Waals surface area contributed by atoms with Gasteiger partial charge >= 0.3 is 6.18 Å². The van der Waals surface area contributed by atoms with E-state index in [1.807, 2.05) is 18.2 Å². The van der Waals surface area contributed by atoms with Gasteiger partial charge in [-0.1, -0.05) is 0 Å². The lowest BCUT2D eigenvalue weighted by Crippen LogP contribution is -2.58. The molecule has 1 saturated carbocycles. The molecule has 63 heavy (non-hydrogen) atoms. The minimum atomic E-state index is -4.86. The lowest BCUT2D eigenvalue weighted by atomic mass is 10.1. The fraction of sp³-hybridized carbons (Fsp3) is 0.455. The van der Waals surface area contributed by atoms with Crippen LogP contribution >= 0.6 is 12.2 Å². The average molecular weight is 891 g/mol. The van der Waals surface area contributed by atoms with Crippen molar-refractivity contribution in [3.05, 3.63) is 71.0 Å². The number of halogens is 3. The summed E-state index contributed by atoms with van der Waals surface area (Å²) in [5.41, 5.74) is 0.691. The van der Waals surface area contributed by atoms with E-state index in [4.69, 9.17) is 17.0 Å². The smallest absolute Gasteiger partial charge is 0.419 e. The third-order valence-electron chi connectivity index (χ3n) is 11.7. The molecule has 0 spiro atoms. The predicted molar refractivity (Wildman–Crippen MR) is 237 cm³/mol. The van der Waals surface area contributed by atoms with Gasteiger partial charge in [0.1, 0.15) is 24.5 Å². The van der Waals surface area contributed by atoms with Crippen LogP contribution in [0.2, 0.25) is 0 Å². The Balaban J connectivity index is 0.00000317. The van der Waals surface area contributed by atoms with Gasteiger partial charge < -0.3 is 20.3 Å². The molecule has 4 amide bonds. The number of hydrogen-bond acceptors (Lipinski definition) is 12. The summed E-state index contributed by atoms with van der Waals surface area (Å²) in [5.74, 6) is -0.487. The molecule has 3 aliphatic heterocycles. The van der Waals surface area contributed by atoms with Crippen molar-refractivity contribution in [2.75, 3.05) is 59.8 Å².